The fraction of sp³-hybridized carbons (Fsp3) is 0.400. The number of furan rings is 1. The minimum Gasteiger partial charge on any atom is -0.475 e. The number of aryl methyl sites for hydroxylation is 1. The van der Waals surface area contributed by atoms with Crippen LogP contribution in [0.5, 0.6) is 0 Å². The predicted octanol–water partition coefficient (Wildman–Crippen LogP) is 3.46. The van der Waals surface area contributed by atoms with Gasteiger partial charge in [0.05, 0.1) is 0 Å². The van der Waals surface area contributed by atoms with Gasteiger partial charge in [-0.05, 0) is 50.6 Å². The summed E-state index contributed by atoms with van der Waals surface area (Å²) >= 11 is 0. The van der Waals surface area contributed by atoms with Crippen LogP contribution in [0.2, 0.25) is 0 Å². The number of hydrogen-bond acceptors (Lipinski definition) is 3. The fourth-order valence-corrected chi connectivity index (χ4v) is 2.77. The zero-order valence-corrected chi connectivity index (χ0v) is 12.2. The van der Waals surface area contributed by atoms with Crippen molar-refractivity contribution in [2.75, 3.05) is 13.1 Å². The van der Waals surface area contributed by atoms with Gasteiger partial charge >= 0.3 is 5.97 Å². The number of aromatic carboxylic acids is 1. The van der Waals surface area contributed by atoms with Crippen LogP contribution >= 0.6 is 12.4 Å². The van der Waals surface area contributed by atoms with E-state index in [1.54, 1.807) is 6.92 Å². The van der Waals surface area contributed by atoms with Crippen LogP contribution < -0.4 is 0 Å². The monoisotopic (exact) mass is 295 g/mol. The summed E-state index contributed by atoms with van der Waals surface area (Å²) in [6.45, 7) is 5.05. The van der Waals surface area contributed by atoms with Gasteiger partial charge in [0.15, 0.2) is 0 Å². The second-order valence-corrected chi connectivity index (χ2v) is 5.18. The number of carbonyl (C=O) groups is 1. The van der Waals surface area contributed by atoms with Gasteiger partial charge in [0.2, 0.25) is 5.76 Å². The Hall–Kier alpha value is -1.52. The molecular weight excluding hydrogens is 278 g/mol. The molecule has 0 radical (unpaired) electrons. The number of carboxylic acids is 1. The maximum Gasteiger partial charge on any atom is 0.372 e. The van der Waals surface area contributed by atoms with E-state index in [1.165, 1.54) is 18.4 Å². The first-order valence-electron chi connectivity index (χ1n) is 6.63. The van der Waals surface area contributed by atoms with Crippen molar-refractivity contribution < 1.29 is 14.3 Å². The molecule has 3 rings (SSSR count). The number of carboxylic acid groups (broad SMARTS) is 1. The first-order chi connectivity index (χ1) is 9.15. The van der Waals surface area contributed by atoms with E-state index in [-0.39, 0.29) is 18.2 Å². The lowest BCUT2D eigenvalue weighted by atomic mass is 10.1. The van der Waals surface area contributed by atoms with E-state index >= 15 is 0 Å². The lowest BCUT2D eigenvalue weighted by Gasteiger charge is -2.14. The number of likely N-dealkylation sites (tertiary alicyclic amines) is 1. The Morgan fingerprint density at radius 1 is 1.35 bits per heavy atom. The third-order valence-electron chi connectivity index (χ3n) is 3.80. The third kappa shape index (κ3) is 2.67. The van der Waals surface area contributed by atoms with Crippen LogP contribution in [-0.4, -0.2) is 29.1 Å². The van der Waals surface area contributed by atoms with Gasteiger partial charge < -0.3 is 9.52 Å². The number of benzene rings is 1. The van der Waals surface area contributed by atoms with Gasteiger partial charge in [-0.15, -0.1) is 12.4 Å². The first-order valence-corrected chi connectivity index (χ1v) is 6.63. The van der Waals surface area contributed by atoms with Crippen molar-refractivity contribution in [3.63, 3.8) is 0 Å². The SMILES string of the molecule is Cc1c(C(=O)O)oc2ccc(CN3CCCC3)cc12.Cl. The van der Waals surface area contributed by atoms with Crippen LogP contribution in [0.25, 0.3) is 11.0 Å². The third-order valence-corrected chi connectivity index (χ3v) is 3.80. The van der Waals surface area contributed by atoms with Crippen LogP contribution in [0.1, 0.15) is 34.5 Å². The molecule has 1 aliphatic rings. The molecule has 1 saturated heterocycles. The van der Waals surface area contributed by atoms with Crippen molar-refractivity contribution >= 4 is 29.3 Å². The van der Waals surface area contributed by atoms with E-state index in [1.807, 2.05) is 12.1 Å². The fourth-order valence-electron chi connectivity index (χ4n) is 2.77. The Kier molecular flexibility index (Phi) is 4.35. The predicted molar refractivity (Wildman–Crippen MR) is 79.7 cm³/mol. The summed E-state index contributed by atoms with van der Waals surface area (Å²) < 4.78 is 5.37. The Balaban J connectivity index is 0.00000147. The molecule has 0 atom stereocenters. The zero-order valence-electron chi connectivity index (χ0n) is 11.4. The molecule has 1 fully saturated rings. The number of rotatable bonds is 3. The average Bonchev–Trinajstić information content (AvgIpc) is 2.98. The molecule has 0 bridgehead atoms. The van der Waals surface area contributed by atoms with E-state index < -0.39 is 5.97 Å². The molecule has 20 heavy (non-hydrogen) atoms. The van der Waals surface area contributed by atoms with Crippen molar-refractivity contribution in [2.24, 2.45) is 0 Å². The quantitative estimate of drug-likeness (QED) is 0.942. The number of halogens is 1. The first kappa shape index (κ1) is 14.9. The molecule has 2 heterocycles. The van der Waals surface area contributed by atoms with E-state index in [2.05, 4.69) is 11.0 Å². The molecule has 0 spiro atoms. The summed E-state index contributed by atoms with van der Waals surface area (Å²) in [5.41, 5.74) is 2.58. The number of fused-ring (bicyclic) bond motifs is 1. The van der Waals surface area contributed by atoms with Gasteiger partial charge in [-0.1, -0.05) is 6.07 Å². The van der Waals surface area contributed by atoms with Crippen molar-refractivity contribution in [1.29, 1.82) is 0 Å². The minimum absolute atomic E-state index is 0. The van der Waals surface area contributed by atoms with E-state index in [0.717, 1.165) is 25.0 Å². The lowest BCUT2D eigenvalue weighted by molar-refractivity contribution is 0.0664. The molecule has 0 saturated carbocycles. The van der Waals surface area contributed by atoms with Crippen molar-refractivity contribution in [2.45, 2.75) is 26.3 Å². The Morgan fingerprint density at radius 3 is 2.70 bits per heavy atom. The molecule has 4 nitrogen and oxygen atoms in total. The lowest BCUT2D eigenvalue weighted by Crippen LogP contribution is -2.18. The van der Waals surface area contributed by atoms with Crippen LogP contribution in [0.4, 0.5) is 0 Å². The second-order valence-electron chi connectivity index (χ2n) is 5.18. The van der Waals surface area contributed by atoms with Crippen LogP contribution in [0, 0.1) is 6.92 Å². The largest absolute Gasteiger partial charge is 0.475 e. The second kappa shape index (κ2) is 5.85. The van der Waals surface area contributed by atoms with Crippen LogP contribution in [-0.2, 0) is 6.54 Å². The summed E-state index contributed by atoms with van der Waals surface area (Å²) in [6.07, 6.45) is 2.55. The normalized spacial score (nSPS) is 15.4. The highest BCUT2D eigenvalue weighted by Crippen LogP contribution is 2.27. The molecule has 0 amide bonds. The van der Waals surface area contributed by atoms with Crippen LogP contribution in [0.3, 0.4) is 0 Å². The molecule has 1 aromatic carbocycles. The molecule has 1 N–H and O–H groups in total. The van der Waals surface area contributed by atoms with Gasteiger partial charge in [0.25, 0.3) is 0 Å². The van der Waals surface area contributed by atoms with Crippen LogP contribution in [0.15, 0.2) is 22.6 Å². The van der Waals surface area contributed by atoms with Crippen molar-refractivity contribution in [3.8, 4) is 0 Å². The number of nitrogens with zero attached hydrogens (tertiary/aromatic N) is 1. The summed E-state index contributed by atoms with van der Waals surface area (Å²) in [4.78, 5) is 13.5. The maximum atomic E-state index is 11.1. The highest BCUT2D eigenvalue weighted by Gasteiger charge is 2.17. The van der Waals surface area contributed by atoms with Gasteiger partial charge in [0.1, 0.15) is 5.58 Å². The van der Waals surface area contributed by atoms with Crippen molar-refractivity contribution in [1.82, 2.24) is 4.90 Å². The average molecular weight is 296 g/mol. The van der Waals surface area contributed by atoms with Gasteiger partial charge in [-0.25, -0.2) is 4.79 Å². The Bertz CT molecular complexity index is 629. The molecule has 0 unspecified atom stereocenters. The number of hydrogen-bond donors (Lipinski definition) is 1. The summed E-state index contributed by atoms with van der Waals surface area (Å²) in [5, 5.41) is 9.98. The van der Waals surface area contributed by atoms with Crippen molar-refractivity contribution in [3.05, 3.63) is 35.1 Å². The molecular formula is C15H18ClNO3. The summed E-state index contributed by atoms with van der Waals surface area (Å²) in [6, 6.07) is 5.95. The molecule has 2 aromatic rings. The highest BCUT2D eigenvalue weighted by molar-refractivity contribution is 5.95. The smallest absolute Gasteiger partial charge is 0.372 e. The topological polar surface area (TPSA) is 53.7 Å². The van der Waals surface area contributed by atoms with Gasteiger partial charge in [-0.3, -0.25) is 4.90 Å². The minimum atomic E-state index is -1.00. The summed E-state index contributed by atoms with van der Waals surface area (Å²) in [5.74, 6) is -0.955. The molecule has 5 heteroatoms. The Morgan fingerprint density at radius 2 is 2.05 bits per heavy atom. The van der Waals surface area contributed by atoms with E-state index in [0.29, 0.717) is 11.1 Å². The molecule has 1 aromatic heterocycles. The highest BCUT2D eigenvalue weighted by atomic mass is 35.5. The van der Waals surface area contributed by atoms with E-state index in [9.17, 15) is 4.79 Å². The Labute approximate surface area is 123 Å². The van der Waals surface area contributed by atoms with Gasteiger partial charge in [0, 0.05) is 17.5 Å². The molecule has 108 valence electrons. The molecule has 1 aliphatic heterocycles. The zero-order chi connectivity index (χ0) is 13.4. The maximum absolute atomic E-state index is 11.1. The standard InChI is InChI=1S/C15H17NO3.ClH/c1-10-12-8-11(9-16-6-2-3-7-16)4-5-13(12)19-14(10)15(17)18;/h4-5,8H,2-3,6-7,9H2,1H3,(H,17,18);1H. The van der Waals surface area contributed by atoms with Gasteiger partial charge in [-0.2, -0.15) is 0 Å². The van der Waals surface area contributed by atoms with E-state index in [4.69, 9.17) is 9.52 Å². The molecule has 0 aliphatic carbocycles. The summed E-state index contributed by atoms with van der Waals surface area (Å²) in [7, 11) is 0.